The fourth-order valence-corrected chi connectivity index (χ4v) is 4.50. The SMILES string of the molecule is CC(=O)N[C@@H](C)COC1CC(COc2nccc(CC(=O)C3CCCCC3)c2Cl)C1. The van der Waals surface area contributed by atoms with Crippen LogP contribution in [0.2, 0.25) is 5.02 Å². The number of ketones is 1. The van der Waals surface area contributed by atoms with Gasteiger partial charge in [-0.15, -0.1) is 0 Å². The molecule has 2 aliphatic carbocycles. The highest BCUT2D eigenvalue weighted by molar-refractivity contribution is 6.32. The van der Waals surface area contributed by atoms with E-state index < -0.39 is 0 Å². The molecule has 1 heterocycles. The van der Waals surface area contributed by atoms with E-state index in [2.05, 4.69) is 10.3 Å². The predicted molar refractivity (Wildman–Crippen MR) is 116 cm³/mol. The van der Waals surface area contributed by atoms with Crippen molar-refractivity contribution in [3.8, 4) is 5.88 Å². The number of ether oxygens (including phenoxy) is 2. The Labute approximate surface area is 184 Å². The zero-order chi connectivity index (χ0) is 21.5. The highest BCUT2D eigenvalue weighted by Crippen LogP contribution is 2.33. The van der Waals surface area contributed by atoms with Crippen LogP contribution in [0.25, 0.3) is 0 Å². The van der Waals surface area contributed by atoms with Gasteiger partial charge in [0.15, 0.2) is 0 Å². The topological polar surface area (TPSA) is 77.5 Å². The van der Waals surface area contributed by atoms with Crippen molar-refractivity contribution in [2.24, 2.45) is 11.8 Å². The van der Waals surface area contributed by atoms with Crippen LogP contribution in [0.5, 0.6) is 5.88 Å². The molecule has 1 aromatic heterocycles. The second-order valence-corrected chi connectivity index (χ2v) is 9.15. The first-order valence-corrected chi connectivity index (χ1v) is 11.5. The van der Waals surface area contributed by atoms with Crippen LogP contribution in [-0.4, -0.2) is 42.0 Å². The lowest BCUT2D eigenvalue weighted by Gasteiger charge is -2.35. The van der Waals surface area contributed by atoms with Gasteiger partial charge in [-0.2, -0.15) is 0 Å². The van der Waals surface area contributed by atoms with Gasteiger partial charge in [-0.1, -0.05) is 30.9 Å². The number of Topliss-reactive ketones (excluding diaryl/α,β-unsaturated/α-hetero) is 1. The Morgan fingerprint density at radius 3 is 2.70 bits per heavy atom. The summed E-state index contributed by atoms with van der Waals surface area (Å²) in [5, 5.41) is 3.27. The van der Waals surface area contributed by atoms with Crippen molar-refractivity contribution < 1.29 is 19.1 Å². The van der Waals surface area contributed by atoms with Crippen LogP contribution in [0.3, 0.4) is 0 Å². The highest BCUT2D eigenvalue weighted by atomic mass is 35.5. The Morgan fingerprint density at radius 1 is 1.27 bits per heavy atom. The minimum atomic E-state index is -0.0435. The Bertz CT molecular complexity index is 730. The number of carbonyl (C=O) groups excluding carboxylic acids is 2. The van der Waals surface area contributed by atoms with E-state index in [4.69, 9.17) is 21.1 Å². The van der Waals surface area contributed by atoms with Gasteiger partial charge in [0.25, 0.3) is 0 Å². The van der Waals surface area contributed by atoms with Gasteiger partial charge < -0.3 is 14.8 Å². The van der Waals surface area contributed by atoms with Crippen molar-refractivity contribution in [2.75, 3.05) is 13.2 Å². The fraction of sp³-hybridized carbons (Fsp3) is 0.696. The highest BCUT2D eigenvalue weighted by Gasteiger charge is 2.31. The van der Waals surface area contributed by atoms with Crippen LogP contribution in [0.4, 0.5) is 0 Å². The lowest BCUT2D eigenvalue weighted by molar-refractivity contribution is -0.123. The standard InChI is InChI=1S/C23H33ClN2O4/c1-15(26-16(2)27)13-29-20-10-17(11-20)14-30-23-22(24)19(8-9-25-23)12-21(28)18-6-4-3-5-7-18/h8-9,15,17-18,20H,3-7,10-14H2,1-2H3,(H,26,27)/t15-,17?,20?/m0/s1. The summed E-state index contributed by atoms with van der Waals surface area (Å²) in [5.74, 6) is 1.22. The number of amides is 1. The fourth-order valence-electron chi connectivity index (χ4n) is 4.27. The third-order valence-corrected chi connectivity index (χ3v) is 6.45. The van der Waals surface area contributed by atoms with Gasteiger partial charge in [0.05, 0.1) is 19.3 Å². The molecule has 1 aromatic rings. The van der Waals surface area contributed by atoms with Crippen LogP contribution < -0.4 is 10.1 Å². The van der Waals surface area contributed by atoms with E-state index in [1.165, 1.54) is 13.3 Å². The molecule has 2 aliphatic rings. The molecular weight excluding hydrogens is 404 g/mol. The van der Waals surface area contributed by atoms with Gasteiger partial charge in [-0.3, -0.25) is 9.59 Å². The molecule has 0 saturated heterocycles. The van der Waals surface area contributed by atoms with Gasteiger partial charge in [0.2, 0.25) is 11.8 Å². The predicted octanol–water partition coefficient (Wildman–Crippen LogP) is 4.13. The monoisotopic (exact) mass is 436 g/mol. The maximum absolute atomic E-state index is 12.6. The Kier molecular flexibility index (Phi) is 8.51. The molecular formula is C23H33ClN2O4. The first-order chi connectivity index (χ1) is 14.4. The Balaban J connectivity index is 1.41. The molecule has 2 fully saturated rings. The lowest BCUT2D eigenvalue weighted by atomic mass is 9.83. The van der Waals surface area contributed by atoms with E-state index in [0.29, 0.717) is 36.5 Å². The van der Waals surface area contributed by atoms with Crippen LogP contribution in [0.1, 0.15) is 64.4 Å². The maximum Gasteiger partial charge on any atom is 0.232 e. The van der Waals surface area contributed by atoms with Gasteiger partial charge in [0, 0.05) is 31.5 Å². The number of pyridine rings is 1. The number of aromatic nitrogens is 1. The van der Waals surface area contributed by atoms with Gasteiger partial charge in [-0.05, 0) is 50.2 Å². The van der Waals surface area contributed by atoms with Crippen molar-refractivity contribution >= 4 is 23.3 Å². The molecule has 1 amide bonds. The maximum atomic E-state index is 12.6. The number of nitrogens with zero attached hydrogens (tertiary/aromatic N) is 1. The molecule has 3 rings (SSSR count). The van der Waals surface area contributed by atoms with E-state index in [1.54, 1.807) is 6.20 Å². The van der Waals surface area contributed by atoms with Crippen LogP contribution in [0, 0.1) is 11.8 Å². The summed E-state index contributed by atoms with van der Waals surface area (Å²) in [7, 11) is 0. The number of rotatable bonds is 10. The summed E-state index contributed by atoms with van der Waals surface area (Å²) in [6, 6.07) is 1.83. The summed E-state index contributed by atoms with van der Waals surface area (Å²) in [6.45, 7) is 4.49. The van der Waals surface area contributed by atoms with Crippen LogP contribution in [0.15, 0.2) is 12.3 Å². The van der Waals surface area contributed by atoms with E-state index in [0.717, 1.165) is 44.1 Å². The summed E-state index contributed by atoms with van der Waals surface area (Å²) in [6.07, 6.45) is 9.60. The lowest BCUT2D eigenvalue weighted by Crippen LogP contribution is -2.40. The Hall–Kier alpha value is -1.66. The molecule has 2 saturated carbocycles. The third-order valence-electron chi connectivity index (χ3n) is 6.04. The molecule has 1 atom stereocenters. The van der Waals surface area contributed by atoms with E-state index >= 15 is 0 Å². The summed E-state index contributed by atoms with van der Waals surface area (Å²) in [4.78, 5) is 27.9. The molecule has 0 aromatic carbocycles. The number of nitrogens with one attached hydrogen (secondary N) is 1. The quantitative estimate of drug-likeness (QED) is 0.596. The number of hydrogen-bond acceptors (Lipinski definition) is 5. The van der Waals surface area contributed by atoms with Gasteiger partial charge in [0.1, 0.15) is 10.8 Å². The average Bonchev–Trinajstić information content (AvgIpc) is 2.69. The van der Waals surface area contributed by atoms with Crippen LogP contribution >= 0.6 is 11.6 Å². The number of carbonyl (C=O) groups is 2. The van der Waals surface area contributed by atoms with Gasteiger partial charge in [-0.25, -0.2) is 4.98 Å². The summed E-state index contributed by atoms with van der Waals surface area (Å²) in [5.41, 5.74) is 0.805. The van der Waals surface area contributed by atoms with E-state index in [9.17, 15) is 9.59 Å². The minimum absolute atomic E-state index is 0.0138. The third kappa shape index (κ3) is 6.67. The molecule has 0 spiro atoms. The molecule has 6 nitrogen and oxygen atoms in total. The summed E-state index contributed by atoms with van der Waals surface area (Å²) < 4.78 is 11.7. The first kappa shape index (κ1) is 23.0. The molecule has 1 N–H and O–H groups in total. The van der Waals surface area contributed by atoms with E-state index in [1.807, 2.05) is 13.0 Å². The van der Waals surface area contributed by atoms with Crippen molar-refractivity contribution in [3.05, 3.63) is 22.8 Å². The zero-order valence-corrected chi connectivity index (χ0v) is 18.7. The van der Waals surface area contributed by atoms with Crippen LogP contribution in [-0.2, 0) is 20.7 Å². The van der Waals surface area contributed by atoms with Gasteiger partial charge >= 0.3 is 0 Å². The zero-order valence-electron chi connectivity index (χ0n) is 18.0. The molecule has 7 heteroatoms. The second kappa shape index (κ2) is 11.1. The number of halogens is 1. The molecule has 0 radical (unpaired) electrons. The average molecular weight is 437 g/mol. The largest absolute Gasteiger partial charge is 0.476 e. The molecule has 0 aliphatic heterocycles. The molecule has 0 unspecified atom stereocenters. The minimum Gasteiger partial charge on any atom is -0.476 e. The van der Waals surface area contributed by atoms with Crippen molar-refractivity contribution in [3.63, 3.8) is 0 Å². The second-order valence-electron chi connectivity index (χ2n) is 8.77. The normalized spacial score (nSPS) is 22.8. The molecule has 0 bridgehead atoms. The van der Waals surface area contributed by atoms with E-state index in [-0.39, 0.29) is 29.8 Å². The van der Waals surface area contributed by atoms with Crippen molar-refractivity contribution in [2.45, 2.75) is 77.4 Å². The Morgan fingerprint density at radius 2 is 2.00 bits per heavy atom. The smallest absolute Gasteiger partial charge is 0.232 e. The summed E-state index contributed by atoms with van der Waals surface area (Å²) >= 11 is 6.49. The van der Waals surface area contributed by atoms with Crippen molar-refractivity contribution in [1.29, 1.82) is 0 Å². The molecule has 30 heavy (non-hydrogen) atoms. The molecule has 166 valence electrons. The first-order valence-electron chi connectivity index (χ1n) is 11.1. The van der Waals surface area contributed by atoms with Crippen molar-refractivity contribution in [1.82, 2.24) is 10.3 Å². The number of hydrogen-bond donors (Lipinski definition) is 1.